The van der Waals surface area contributed by atoms with Crippen LogP contribution in [0.4, 0.5) is 0 Å². The molecule has 0 aromatic heterocycles. The molecule has 0 aliphatic carbocycles. The number of Topliss-reactive ketones (excluding diaryl/α,β-unsaturated/α-hetero) is 1. The highest BCUT2D eigenvalue weighted by Crippen LogP contribution is 2.33. The summed E-state index contributed by atoms with van der Waals surface area (Å²) in [6.07, 6.45) is 1.46. The Bertz CT molecular complexity index is 963. The molecule has 1 N–H and O–H groups in total. The molecule has 0 atom stereocenters. The first-order chi connectivity index (χ1) is 11.4. The molecular weight excluding hydrogens is 330 g/mol. The van der Waals surface area contributed by atoms with Gasteiger partial charge < -0.3 is 9.84 Å². The summed E-state index contributed by atoms with van der Waals surface area (Å²) in [5.41, 5.74) is 0.712. The Morgan fingerprint density at radius 1 is 1.17 bits per heavy atom. The maximum absolute atomic E-state index is 12.7. The van der Waals surface area contributed by atoms with Crippen LogP contribution in [0.3, 0.4) is 0 Å². The molecular formula is C17H15NO5S. The van der Waals surface area contributed by atoms with E-state index in [1.807, 2.05) is 0 Å². The molecule has 7 heteroatoms. The molecule has 0 unspecified atom stereocenters. The van der Waals surface area contributed by atoms with Crippen LogP contribution in [-0.4, -0.2) is 37.8 Å². The second-order valence-corrected chi connectivity index (χ2v) is 7.20. The van der Waals surface area contributed by atoms with Gasteiger partial charge in [0.15, 0.2) is 11.5 Å². The number of phenols is 1. The number of carbonyl (C=O) groups excluding carboxylic acids is 1. The lowest BCUT2D eigenvalue weighted by Gasteiger charge is -2.28. The first-order valence-electron chi connectivity index (χ1n) is 7.07. The van der Waals surface area contributed by atoms with Crippen molar-refractivity contribution in [2.24, 2.45) is 0 Å². The van der Waals surface area contributed by atoms with Crippen LogP contribution in [0.25, 0.3) is 6.08 Å². The molecule has 0 bridgehead atoms. The fraction of sp³-hybridized carbons (Fsp3) is 0.118. The third kappa shape index (κ3) is 2.43. The molecule has 0 saturated carbocycles. The van der Waals surface area contributed by atoms with Gasteiger partial charge >= 0.3 is 0 Å². The zero-order chi connectivity index (χ0) is 17.5. The van der Waals surface area contributed by atoms with E-state index in [0.29, 0.717) is 5.56 Å². The Morgan fingerprint density at radius 2 is 1.88 bits per heavy atom. The predicted molar refractivity (Wildman–Crippen MR) is 88.4 cm³/mol. The van der Waals surface area contributed by atoms with Crippen LogP contribution in [0.15, 0.2) is 53.1 Å². The van der Waals surface area contributed by atoms with Crippen LogP contribution >= 0.6 is 0 Å². The Balaban J connectivity index is 2.17. The van der Waals surface area contributed by atoms with Crippen molar-refractivity contribution < 1.29 is 23.1 Å². The van der Waals surface area contributed by atoms with Gasteiger partial charge in [0.2, 0.25) is 5.78 Å². The number of phenolic OH excluding ortho intramolecular Hbond substituents is 1. The fourth-order valence-corrected chi connectivity index (χ4v) is 3.91. The summed E-state index contributed by atoms with van der Waals surface area (Å²) < 4.78 is 31.2. The van der Waals surface area contributed by atoms with Gasteiger partial charge in [-0.1, -0.05) is 18.2 Å². The maximum atomic E-state index is 12.7. The maximum Gasteiger partial charge on any atom is 0.264 e. The van der Waals surface area contributed by atoms with Gasteiger partial charge in [-0.25, -0.2) is 8.42 Å². The zero-order valence-electron chi connectivity index (χ0n) is 13.1. The number of rotatable bonds is 2. The Hall–Kier alpha value is -2.80. The summed E-state index contributed by atoms with van der Waals surface area (Å²) in [7, 11) is -1.04. The monoisotopic (exact) mass is 345 g/mol. The van der Waals surface area contributed by atoms with Gasteiger partial charge in [0, 0.05) is 12.6 Å². The Kier molecular flexibility index (Phi) is 3.81. The van der Waals surface area contributed by atoms with Crippen molar-refractivity contribution in [3.8, 4) is 11.5 Å². The molecule has 1 aliphatic rings. The number of benzene rings is 2. The van der Waals surface area contributed by atoms with E-state index in [2.05, 4.69) is 0 Å². The molecule has 6 nitrogen and oxygen atoms in total. The number of ether oxygens (including phenoxy) is 1. The van der Waals surface area contributed by atoms with Crippen molar-refractivity contribution in [2.45, 2.75) is 4.90 Å². The molecule has 24 heavy (non-hydrogen) atoms. The Labute approximate surface area is 139 Å². The quantitative estimate of drug-likeness (QED) is 0.844. The highest BCUT2D eigenvalue weighted by molar-refractivity contribution is 7.89. The predicted octanol–water partition coefficient (Wildman–Crippen LogP) is 2.26. The topological polar surface area (TPSA) is 83.9 Å². The lowest BCUT2D eigenvalue weighted by atomic mass is 10.1. The van der Waals surface area contributed by atoms with E-state index in [-0.39, 0.29) is 33.4 Å². The normalized spacial score (nSPS) is 17.7. The first-order valence-corrected chi connectivity index (χ1v) is 8.51. The van der Waals surface area contributed by atoms with Gasteiger partial charge in [-0.2, -0.15) is 0 Å². The van der Waals surface area contributed by atoms with Crippen LogP contribution in [0.2, 0.25) is 0 Å². The minimum Gasteiger partial charge on any atom is -0.504 e. The largest absolute Gasteiger partial charge is 0.504 e. The number of fused-ring (bicyclic) bond motifs is 1. The molecule has 1 aliphatic heterocycles. The third-order valence-corrected chi connectivity index (χ3v) is 5.68. The van der Waals surface area contributed by atoms with Crippen LogP contribution in [0, 0.1) is 0 Å². The van der Waals surface area contributed by atoms with Crippen LogP contribution < -0.4 is 4.74 Å². The summed E-state index contributed by atoms with van der Waals surface area (Å²) >= 11 is 0. The average molecular weight is 345 g/mol. The van der Waals surface area contributed by atoms with Crippen LogP contribution in [0.5, 0.6) is 11.5 Å². The highest BCUT2D eigenvalue weighted by Gasteiger charge is 2.36. The molecule has 0 fully saturated rings. The lowest BCUT2D eigenvalue weighted by molar-refractivity contribution is 0.101. The van der Waals surface area contributed by atoms with Gasteiger partial charge in [0.05, 0.1) is 12.0 Å². The summed E-state index contributed by atoms with van der Waals surface area (Å²) in [5.74, 6) is -0.186. The molecule has 2 aromatic rings. The van der Waals surface area contributed by atoms with Crippen molar-refractivity contribution >= 4 is 21.9 Å². The van der Waals surface area contributed by atoms with Crippen molar-refractivity contribution in [3.63, 3.8) is 0 Å². The molecule has 3 rings (SSSR count). The first kappa shape index (κ1) is 16.1. The Morgan fingerprint density at radius 3 is 2.58 bits per heavy atom. The SMILES string of the molecule is COc1cc(/C=C2\C(=O)c3ccccc3S(=O)(=O)N2C)ccc1O. The molecule has 1 heterocycles. The van der Waals surface area contributed by atoms with Crippen molar-refractivity contribution in [1.29, 1.82) is 0 Å². The van der Waals surface area contributed by atoms with E-state index in [1.54, 1.807) is 18.2 Å². The highest BCUT2D eigenvalue weighted by atomic mass is 32.2. The molecule has 0 radical (unpaired) electrons. The van der Waals surface area contributed by atoms with Gasteiger partial charge in [-0.15, -0.1) is 0 Å². The molecule has 0 amide bonds. The standard InChI is InChI=1S/C17H15NO5S/c1-18-13(9-11-7-8-14(19)15(10-11)23-2)17(20)12-5-3-4-6-16(12)24(18,21)22/h3-10,19H,1-2H3/b13-9+. The second-order valence-electron chi connectivity index (χ2n) is 5.26. The summed E-state index contributed by atoms with van der Waals surface area (Å²) in [5, 5.41) is 9.64. The second kappa shape index (κ2) is 5.68. The van der Waals surface area contributed by atoms with E-state index in [1.165, 1.54) is 44.5 Å². The van der Waals surface area contributed by atoms with Crippen molar-refractivity contribution in [1.82, 2.24) is 4.31 Å². The zero-order valence-corrected chi connectivity index (χ0v) is 13.9. The number of allylic oxidation sites excluding steroid dienone is 1. The molecule has 2 aromatic carbocycles. The smallest absolute Gasteiger partial charge is 0.264 e. The van der Waals surface area contributed by atoms with E-state index in [9.17, 15) is 18.3 Å². The van der Waals surface area contributed by atoms with Crippen LogP contribution in [0.1, 0.15) is 15.9 Å². The summed E-state index contributed by atoms with van der Waals surface area (Å²) in [4.78, 5) is 12.7. The number of ketones is 1. The van der Waals surface area contributed by atoms with E-state index < -0.39 is 10.0 Å². The average Bonchev–Trinajstić information content (AvgIpc) is 2.58. The number of carbonyl (C=O) groups is 1. The number of likely N-dealkylation sites (N-methyl/N-ethyl adjacent to an activating group) is 1. The van der Waals surface area contributed by atoms with Gasteiger partial charge in [0.1, 0.15) is 5.70 Å². The minimum absolute atomic E-state index is 0.00191. The lowest BCUT2D eigenvalue weighted by Crippen LogP contribution is -2.36. The number of methoxy groups -OCH3 is 1. The van der Waals surface area contributed by atoms with Crippen molar-refractivity contribution in [2.75, 3.05) is 14.2 Å². The number of hydrogen-bond donors (Lipinski definition) is 1. The number of sulfonamides is 1. The number of hydrogen-bond acceptors (Lipinski definition) is 5. The number of nitrogens with zero attached hydrogens (tertiary/aromatic N) is 1. The minimum atomic E-state index is -3.78. The fourth-order valence-electron chi connectivity index (χ4n) is 2.54. The summed E-state index contributed by atoms with van der Waals surface area (Å²) in [6, 6.07) is 10.6. The number of aromatic hydroxyl groups is 1. The van der Waals surface area contributed by atoms with Crippen LogP contribution in [-0.2, 0) is 10.0 Å². The van der Waals surface area contributed by atoms with Gasteiger partial charge in [0.25, 0.3) is 10.0 Å². The third-order valence-electron chi connectivity index (χ3n) is 3.85. The molecule has 0 spiro atoms. The summed E-state index contributed by atoms with van der Waals surface area (Å²) in [6.45, 7) is 0. The molecule has 0 saturated heterocycles. The van der Waals surface area contributed by atoms with E-state index in [0.717, 1.165) is 4.31 Å². The molecule has 124 valence electrons. The van der Waals surface area contributed by atoms with Gasteiger partial charge in [-0.3, -0.25) is 9.10 Å². The van der Waals surface area contributed by atoms with Crippen molar-refractivity contribution in [3.05, 3.63) is 59.3 Å². The van der Waals surface area contributed by atoms with Gasteiger partial charge in [-0.05, 0) is 35.9 Å². The van der Waals surface area contributed by atoms with E-state index >= 15 is 0 Å². The van der Waals surface area contributed by atoms with E-state index in [4.69, 9.17) is 4.74 Å².